The van der Waals surface area contributed by atoms with Gasteiger partial charge in [0.1, 0.15) is 18.0 Å². The lowest BCUT2D eigenvalue weighted by molar-refractivity contribution is 0.271. The maximum Gasteiger partial charge on any atom is 0.288 e. The fourth-order valence-electron chi connectivity index (χ4n) is 5.01. The van der Waals surface area contributed by atoms with Crippen LogP contribution >= 0.6 is 0 Å². The first-order valence-electron chi connectivity index (χ1n) is 12.9. The van der Waals surface area contributed by atoms with E-state index in [1.807, 2.05) is 26.0 Å². The highest BCUT2D eigenvalue weighted by atomic mass is 19.1. The van der Waals surface area contributed by atoms with Crippen LogP contribution in [0.2, 0.25) is 0 Å². The van der Waals surface area contributed by atoms with Crippen molar-refractivity contribution in [2.45, 2.75) is 33.7 Å². The van der Waals surface area contributed by atoms with Gasteiger partial charge in [0.25, 0.3) is 5.69 Å². The number of anilines is 3. The summed E-state index contributed by atoms with van der Waals surface area (Å²) in [5, 5.41) is 3.13. The van der Waals surface area contributed by atoms with E-state index in [9.17, 15) is 0 Å². The van der Waals surface area contributed by atoms with Crippen LogP contribution in [-0.4, -0.2) is 57.1 Å². The number of pyridine rings is 1. The second-order valence-corrected chi connectivity index (χ2v) is 9.72. The third kappa shape index (κ3) is 5.07. The molecular formula is C28H30F2N8O. The van der Waals surface area contributed by atoms with Crippen molar-refractivity contribution in [3.05, 3.63) is 65.5 Å². The number of fused-ring (bicyclic) bond motifs is 1. The molecule has 9 nitrogen and oxygen atoms in total. The van der Waals surface area contributed by atoms with Crippen molar-refractivity contribution in [2.24, 2.45) is 0 Å². The Bertz CT molecular complexity index is 1540. The largest absolute Gasteiger partial charge is 0.446 e. The Morgan fingerprint density at radius 2 is 1.87 bits per heavy atom. The third-order valence-corrected chi connectivity index (χ3v) is 6.97. The fourth-order valence-corrected chi connectivity index (χ4v) is 5.01. The number of benzene rings is 1. The van der Waals surface area contributed by atoms with Crippen LogP contribution in [-0.2, 0) is 0 Å². The molecule has 5 rings (SSSR count). The number of hydrogen-bond acceptors (Lipinski definition) is 7. The van der Waals surface area contributed by atoms with Crippen LogP contribution in [0, 0.1) is 25.1 Å². The topological polar surface area (TPSA) is 75.7 Å². The lowest BCUT2D eigenvalue weighted by Crippen LogP contribution is -2.46. The van der Waals surface area contributed by atoms with Crippen LogP contribution in [0.25, 0.3) is 15.7 Å². The van der Waals surface area contributed by atoms with Gasteiger partial charge in [-0.2, -0.15) is 0 Å². The van der Waals surface area contributed by atoms with Crippen molar-refractivity contribution in [3.8, 4) is 11.6 Å². The Morgan fingerprint density at radius 1 is 1.10 bits per heavy atom. The minimum Gasteiger partial charge on any atom is -0.446 e. The van der Waals surface area contributed by atoms with E-state index in [1.165, 1.54) is 6.33 Å². The molecule has 1 aliphatic rings. The number of likely N-dealkylation sites (N-methyl/N-ethyl adjacent to an activating group) is 1. The van der Waals surface area contributed by atoms with Crippen LogP contribution < -0.4 is 15.0 Å². The summed E-state index contributed by atoms with van der Waals surface area (Å²) in [5.74, 6) is -1.28. The molecule has 11 heteroatoms. The van der Waals surface area contributed by atoms with E-state index in [-0.39, 0.29) is 40.1 Å². The third-order valence-electron chi connectivity index (χ3n) is 6.97. The summed E-state index contributed by atoms with van der Waals surface area (Å²) in [5.41, 5.74) is 1.84. The summed E-state index contributed by atoms with van der Waals surface area (Å²) in [4.78, 5) is 20.9. The Labute approximate surface area is 225 Å². The number of hydrogen-bond donors (Lipinski definition) is 1. The molecule has 0 amide bonds. The van der Waals surface area contributed by atoms with Crippen molar-refractivity contribution in [1.29, 1.82) is 0 Å². The molecule has 1 aromatic carbocycles. The highest BCUT2D eigenvalue weighted by Crippen LogP contribution is 2.39. The average Bonchev–Trinajstić information content (AvgIpc) is 3.30. The molecule has 0 unspecified atom stereocenters. The van der Waals surface area contributed by atoms with Gasteiger partial charge in [-0.25, -0.2) is 28.6 Å². The zero-order valence-electron chi connectivity index (χ0n) is 22.4. The quantitative estimate of drug-likeness (QED) is 0.283. The van der Waals surface area contributed by atoms with Crippen molar-refractivity contribution >= 4 is 33.9 Å². The molecule has 4 heterocycles. The summed E-state index contributed by atoms with van der Waals surface area (Å²) in [6, 6.07) is 6.29. The molecule has 0 saturated carbocycles. The summed E-state index contributed by atoms with van der Waals surface area (Å²) >= 11 is 0. The van der Waals surface area contributed by atoms with Gasteiger partial charge in [0.05, 0.1) is 24.0 Å². The van der Waals surface area contributed by atoms with Gasteiger partial charge in [0.15, 0.2) is 17.4 Å². The van der Waals surface area contributed by atoms with Crippen molar-refractivity contribution in [3.63, 3.8) is 0 Å². The first-order chi connectivity index (χ1) is 18.8. The fraction of sp³-hybridized carbons (Fsp3) is 0.357. The highest BCUT2D eigenvalue weighted by Gasteiger charge is 2.23. The number of halogens is 2. The van der Waals surface area contributed by atoms with Crippen LogP contribution in [0.1, 0.15) is 32.5 Å². The van der Waals surface area contributed by atoms with Gasteiger partial charge >= 0.3 is 0 Å². The number of ether oxygens (including phenoxy) is 1. The van der Waals surface area contributed by atoms with E-state index >= 15 is 8.78 Å². The van der Waals surface area contributed by atoms with Crippen LogP contribution in [0.15, 0.2) is 36.8 Å². The maximum atomic E-state index is 15.4. The standard InChI is InChI=1S/C28H30F2N8O/c1-6-36-9-11-37(12-10-36)19-7-8-23(32-15-19)35-27-25(31-5)28(34-16-33-27)39-22-14-21(29)26-20(24(22)30)13-18(4)38(26)17(2)3/h7-8,13-17H,6,9-12H2,1-4H3,(H,32,33,34,35). The van der Waals surface area contributed by atoms with Crippen LogP contribution in [0.4, 0.5) is 31.8 Å². The number of aryl methyl sites for hydroxylation is 1. The number of piperazine rings is 1. The van der Waals surface area contributed by atoms with Gasteiger partial charge in [-0.1, -0.05) is 6.92 Å². The van der Waals surface area contributed by atoms with Gasteiger partial charge in [-0.05, 0) is 45.5 Å². The summed E-state index contributed by atoms with van der Waals surface area (Å²) in [7, 11) is 0. The molecule has 39 heavy (non-hydrogen) atoms. The summed E-state index contributed by atoms with van der Waals surface area (Å²) in [6.45, 7) is 20.4. The van der Waals surface area contributed by atoms with E-state index in [1.54, 1.807) is 23.8 Å². The number of rotatable bonds is 7. The molecule has 202 valence electrons. The predicted octanol–water partition coefficient (Wildman–Crippen LogP) is 6.22. The van der Waals surface area contributed by atoms with E-state index in [4.69, 9.17) is 11.3 Å². The minimum atomic E-state index is -0.727. The van der Waals surface area contributed by atoms with Crippen molar-refractivity contribution in [1.82, 2.24) is 24.4 Å². The smallest absolute Gasteiger partial charge is 0.288 e. The molecule has 0 atom stereocenters. The Balaban J connectivity index is 1.39. The van der Waals surface area contributed by atoms with E-state index in [0.717, 1.165) is 50.2 Å². The maximum absolute atomic E-state index is 15.4. The molecule has 0 spiro atoms. The van der Waals surface area contributed by atoms with E-state index < -0.39 is 11.6 Å². The Morgan fingerprint density at radius 3 is 2.51 bits per heavy atom. The molecule has 0 aliphatic carbocycles. The first kappa shape index (κ1) is 26.3. The summed E-state index contributed by atoms with van der Waals surface area (Å²) in [6.07, 6.45) is 2.97. The minimum absolute atomic E-state index is 0.0543. The van der Waals surface area contributed by atoms with Gasteiger partial charge in [-0.3, -0.25) is 0 Å². The normalized spacial score (nSPS) is 14.2. The Hall–Kier alpha value is -4.30. The Kier molecular flexibility index (Phi) is 7.30. The number of nitrogens with zero attached hydrogens (tertiary/aromatic N) is 7. The first-order valence-corrected chi connectivity index (χ1v) is 12.9. The van der Waals surface area contributed by atoms with E-state index in [0.29, 0.717) is 5.82 Å². The molecule has 1 N–H and O–H groups in total. The molecule has 1 fully saturated rings. The number of aromatic nitrogens is 4. The molecule has 4 aromatic rings. The second-order valence-electron chi connectivity index (χ2n) is 9.72. The molecule has 0 radical (unpaired) electrons. The van der Waals surface area contributed by atoms with Gasteiger partial charge in [0, 0.05) is 49.4 Å². The van der Waals surface area contributed by atoms with Gasteiger partial charge < -0.3 is 24.4 Å². The molecule has 0 bridgehead atoms. The van der Waals surface area contributed by atoms with Crippen molar-refractivity contribution in [2.75, 3.05) is 42.9 Å². The van der Waals surface area contributed by atoms with Crippen molar-refractivity contribution < 1.29 is 13.5 Å². The monoisotopic (exact) mass is 532 g/mol. The molecular weight excluding hydrogens is 502 g/mol. The zero-order valence-corrected chi connectivity index (χ0v) is 22.4. The average molecular weight is 533 g/mol. The van der Waals surface area contributed by atoms with Gasteiger partial charge in [0.2, 0.25) is 5.88 Å². The lowest BCUT2D eigenvalue weighted by atomic mass is 10.2. The molecule has 1 aliphatic heterocycles. The number of nitrogens with one attached hydrogen (secondary N) is 1. The van der Waals surface area contributed by atoms with E-state index in [2.05, 4.69) is 41.8 Å². The zero-order chi connectivity index (χ0) is 27.7. The second kappa shape index (κ2) is 10.8. The van der Waals surface area contributed by atoms with Crippen LogP contribution in [0.5, 0.6) is 11.6 Å². The SMILES string of the molecule is [C-]#[N+]c1c(Nc2ccc(N3CCN(CC)CC3)cn2)ncnc1Oc1cc(F)c2c(cc(C)n2C(C)C)c1F. The van der Waals surface area contributed by atoms with Gasteiger partial charge in [-0.15, -0.1) is 0 Å². The predicted molar refractivity (Wildman–Crippen MR) is 147 cm³/mol. The van der Waals surface area contributed by atoms with Crippen LogP contribution in [0.3, 0.4) is 0 Å². The molecule has 3 aromatic heterocycles. The summed E-state index contributed by atoms with van der Waals surface area (Å²) < 4.78 is 38.0. The molecule has 1 saturated heterocycles. The lowest BCUT2D eigenvalue weighted by Gasteiger charge is -2.35. The highest BCUT2D eigenvalue weighted by molar-refractivity contribution is 5.85.